The van der Waals surface area contributed by atoms with Crippen LogP contribution in [-0.2, 0) is 6.42 Å². The minimum Gasteiger partial charge on any atom is -0.338 e. The van der Waals surface area contributed by atoms with Gasteiger partial charge in [0, 0.05) is 12.6 Å². The van der Waals surface area contributed by atoms with Crippen molar-refractivity contribution in [2.75, 3.05) is 5.84 Å². The highest BCUT2D eigenvalue weighted by atomic mass is 15.3. The predicted octanol–water partition coefficient (Wildman–Crippen LogP) is 0.468. The van der Waals surface area contributed by atoms with Crippen LogP contribution in [0.4, 0.5) is 0 Å². The van der Waals surface area contributed by atoms with E-state index in [0.29, 0.717) is 0 Å². The first-order valence-electron chi connectivity index (χ1n) is 3.04. The molecule has 0 aliphatic rings. The topological polar surface area (TPSA) is 43.8 Å². The number of nitrogen functional groups attached to an aromatic ring is 1. The fraction of sp³-hybridized carbons (Fsp3) is 0.500. The highest BCUT2D eigenvalue weighted by Crippen LogP contribution is 1.97. The van der Waals surface area contributed by atoms with Gasteiger partial charge < -0.3 is 5.84 Å². The van der Waals surface area contributed by atoms with Gasteiger partial charge in [-0.15, -0.1) is 0 Å². The van der Waals surface area contributed by atoms with Gasteiger partial charge in [-0.3, -0.25) is 4.68 Å². The average Bonchev–Trinajstić information content (AvgIpc) is 2.10. The Morgan fingerprint density at radius 2 is 2.44 bits per heavy atom. The molecule has 3 nitrogen and oxygen atoms in total. The van der Waals surface area contributed by atoms with Crippen molar-refractivity contribution in [3.8, 4) is 0 Å². The molecule has 1 rings (SSSR count). The summed E-state index contributed by atoms with van der Waals surface area (Å²) in [5.74, 6) is 6.44. The van der Waals surface area contributed by atoms with Crippen molar-refractivity contribution in [2.45, 2.75) is 20.3 Å². The zero-order chi connectivity index (χ0) is 6.85. The Balaban J connectivity index is 3.01. The van der Waals surface area contributed by atoms with E-state index in [1.54, 1.807) is 4.68 Å². The van der Waals surface area contributed by atoms with Gasteiger partial charge in [-0.05, 0) is 6.92 Å². The summed E-state index contributed by atoms with van der Waals surface area (Å²) < 4.78 is 1.56. The molecule has 0 aliphatic carbocycles. The van der Waals surface area contributed by atoms with E-state index in [-0.39, 0.29) is 0 Å². The number of hydrogen-bond donors (Lipinski definition) is 1. The maximum atomic E-state index is 5.51. The smallest absolute Gasteiger partial charge is 0.127 e. The van der Waals surface area contributed by atoms with E-state index in [9.17, 15) is 0 Å². The third-order valence-electron chi connectivity index (χ3n) is 1.25. The van der Waals surface area contributed by atoms with Crippen molar-refractivity contribution >= 4 is 0 Å². The molecule has 0 atom stereocenters. The van der Waals surface area contributed by atoms with Crippen LogP contribution in [-0.4, -0.2) is 9.66 Å². The molecule has 50 valence electrons. The van der Waals surface area contributed by atoms with Crippen LogP contribution in [0.5, 0.6) is 0 Å². The molecular formula is C6H11N3. The van der Waals surface area contributed by atoms with Crippen molar-refractivity contribution in [2.24, 2.45) is 0 Å². The fourth-order valence-corrected chi connectivity index (χ4v) is 0.828. The molecule has 0 aliphatic heterocycles. The van der Waals surface area contributed by atoms with Crippen LogP contribution in [0.2, 0.25) is 0 Å². The quantitative estimate of drug-likeness (QED) is 0.554. The standard InChI is InChI=1S/C6H11N3/c1-3-6-8-5(2)4-9(6)7/h4H,3,7H2,1-2H3. The summed E-state index contributed by atoms with van der Waals surface area (Å²) in [5, 5.41) is 0. The lowest BCUT2D eigenvalue weighted by molar-refractivity contribution is 0.858. The Morgan fingerprint density at radius 3 is 2.67 bits per heavy atom. The number of imidazole rings is 1. The van der Waals surface area contributed by atoms with Gasteiger partial charge in [0.05, 0.1) is 5.69 Å². The van der Waals surface area contributed by atoms with Gasteiger partial charge in [-0.25, -0.2) is 4.98 Å². The van der Waals surface area contributed by atoms with Gasteiger partial charge in [0.25, 0.3) is 0 Å². The molecule has 0 aromatic carbocycles. The number of nitrogens with two attached hydrogens (primary N) is 1. The van der Waals surface area contributed by atoms with Crippen molar-refractivity contribution in [1.29, 1.82) is 0 Å². The Hall–Kier alpha value is -0.990. The first-order chi connectivity index (χ1) is 4.24. The minimum atomic E-state index is 0.893. The molecule has 0 saturated heterocycles. The zero-order valence-electron chi connectivity index (χ0n) is 5.76. The molecule has 1 heterocycles. The lowest BCUT2D eigenvalue weighted by atomic mass is 10.5. The predicted molar refractivity (Wildman–Crippen MR) is 36.5 cm³/mol. The van der Waals surface area contributed by atoms with Gasteiger partial charge in [0.1, 0.15) is 5.82 Å². The van der Waals surface area contributed by atoms with Gasteiger partial charge in [0.2, 0.25) is 0 Å². The molecule has 0 amide bonds. The first-order valence-corrected chi connectivity index (χ1v) is 3.04. The van der Waals surface area contributed by atoms with Crippen molar-refractivity contribution in [3.63, 3.8) is 0 Å². The van der Waals surface area contributed by atoms with Crippen LogP contribution in [0.3, 0.4) is 0 Å². The Labute approximate surface area is 54.5 Å². The van der Waals surface area contributed by atoms with Crippen LogP contribution in [0.25, 0.3) is 0 Å². The SMILES string of the molecule is CCc1nc(C)cn1N. The van der Waals surface area contributed by atoms with Crippen molar-refractivity contribution < 1.29 is 0 Å². The number of rotatable bonds is 1. The summed E-state index contributed by atoms with van der Waals surface area (Å²) in [5.41, 5.74) is 0.981. The van der Waals surface area contributed by atoms with Gasteiger partial charge >= 0.3 is 0 Å². The van der Waals surface area contributed by atoms with E-state index in [1.807, 2.05) is 20.0 Å². The summed E-state index contributed by atoms with van der Waals surface area (Å²) >= 11 is 0. The van der Waals surface area contributed by atoms with Gasteiger partial charge in [0.15, 0.2) is 0 Å². The summed E-state index contributed by atoms with van der Waals surface area (Å²) in [7, 11) is 0. The van der Waals surface area contributed by atoms with E-state index < -0.39 is 0 Å². The Bertz CT molecular complexity index is 202. The summed E-state index contributed by atoms with van der Waals surface area (Å²) in [6, 6.07) is 0. The number of aryl methyl sites for hydroxylation is 2. The van der Waals surface area contributed by atoms with E-state index in [0.717, 1.165) is 17.9 Å². The van der Waals surface area contributed by atoms with Crippen LogP contribution in [0.15, 0.2) is 6.20 Å². The molecule has 0 spiro atoms. The second-order valence-corrected chi connectivity index (χ2v) is 2.06. The van der Waals surface area contributed by atoms with E-state index in [1.165, 1.54) is 0 Å². The van der Waals surface area contributed by atoms with Gasteiger partial charge in [-0.1, -0.05) is 6.92 Å². The lowest BCUT2D eigenvalue weighted by Gasteiger charge is -1.93. The largest absolute Gasteiger partial charge is 0.338 e. The molecule has 3 heteroatoms. The Morgan fingerprint density at radius 1 is 1.78 bits per heavy atom. The molecule has 1 aromatic rings. The third-order valence-corrected chi connectivity index (χ3v) is 1.25. The first kappa shape index (κ1) is 6.13. The third kappa shape index (κ3) is 1.04. The second-order valence-electron chi connectivity index (χ2n) is 2.06. The van der Waals surface area contributed by atoms with Crippen molar-refractivity contribution in [1.82, 2.24) is 9.66 Å². The van der Waals surface area contributed by atoms with Gasteiger partial charge in [-0.2, -0.15) is 0 Å². The molecule has 0 radical (unpaired) electrons. The van der Waals surface area contributed by atoms with E-state index >= 15 is 0 Å². The van der Waals surface area contributed by atoms with Crippen molar-refractivity contribution in [3.05, 3.63) is 17.7 Å². The molecule has 0 fully saturated rings. The van der Waals surface area contributed by atoms with Crippen LogP contribution in [0, 0.1) is 6.92 Å². The number of hydrogen-bond acceptors (Lipinski definition) is 2. The van der Waals surface area contributed by atoms with E-state index in [2.05, 4.69) is 4.98 Å². The molecule has 9 heavy (non-hydrogen) atoms. The normalized spacial score (nSPS) is 10.0. The molecule has 0 saturated carbocycles. The molecule has 2 N–H and O–H groups in total. The summed E-state index contributed by atoms with van der Waals surface area (Å²) in [6.45, 7) is 3.97. The second kappa shape index (κ2) is 2.09. The zero-order valence-corrected chi connectivity index (χ0v) is 5.76. The lowest BCUT2D eigenvalue weighted by Crippen LogP contribution is -2.10. The minimum absolute atomic E-state index is 0.893. The monoisotopic (exact) mass is 125 g/mol. The maximum absolute atomic E-state index is 5.51. The van der Waals surface area contributed by atoms with Crippen LogP contribution < -0.4 is 5.84 Å². The number of nitrogens with zero attached hydrogens (tertiary/aromatic N) is 2. The summed E-state index contributed by atoms with van der Waals surface area (Å²) in [6.07, 6.45) is 2.71. The van der Waals surface area contributed by atoms with Crippen LogP contribution >= 0.6 is 0 Å². The highest BCUT2D eigenvalue weighted by molar-refractivity contribution is 5.01. The molecule has 1 aromatic heterocycles. The van der Waals surface area contributed by atoms with Crippen LogP contribution in [0.1, 0.15) is 18.4 Å². The number of aromatic nitrogens is 2. The maximum Gasteiger partial charge on any atom is 0.127 e. The fourth-order valence-electron chi connectivity index (χ4n) is 0.828. The highest BCUT2D eigenvalue weighted by Gasteiger charge is 1.97. The average molecular weight is 125 g/mol. The molecule has 0 bridgehead atoms. The summed E-state index contributed by atoms with van der Waals surface area (Å²) in [4.78, 5) is 4.17. The molecular weight excluding hydrogens is 114 g/mol. The van der Waals surface area contributed by atoms with E-state index in [4.69, 9.17) is 5.84 Å². The molecule has 0 unspecified atom stereocenters. The Kier molecular flexibility index (Phi) is 1.42.